The van der Waals surface area contributed by atoms with Crippen molar-refractivity contribution >= 4 is 29.9 Å². The fourth-order valence-corrected chi connectivity index (χ4v) is 3.02. The molecular formula is C21H36IN3O2. The van der Waals surface area contributed by atoms with E-state index in [4.69, 9.17) is 9.47 Å². The SMILES string of the molecule is CCNC(=NCC1(C)CCCO1)NCCCCOCCc1ccccc1.I. The second-order valence-electron chi connectivity index (χ2n) is 7.08. The van der Waals surface area contributed by atoms with Gasteiger partial charge in [-0.25, -0.2) is 0 Å². The van der Waals surface area contributed by atoms with Gasteiger partial charge in [0.15, 0.2) is 5.96 Å². The minimum atomic E-state index is -0.0883. The van der Waals surface area contributed by atoms with Crippen LogP contribution >= 0.6 is 24.0 Å². The van der Waals surface area contributed by atoms with Crippen molar-refractivity contribution in [1.82, 2.24) is 10.6 Å². The standard InChI is InChI=1S/C21H35N3O2.HI/c1-3-22-20(24-18-21(2)13-9-16-26-21)23-14-7-8-15-25-17-12-19-10-5-4-6-11-19;/h4-6,10-11H,3,7-9,12-18H2,1-2H3,(H2,22,23,24);1H. The van der Waals surface area contributed by atoms with E-state index in [0.717, 1.165) is 71.0 Å². The zero-order valence-electron chi connectivity index (χ0n) is 16.8. The van der Waals surface area contributed by atoms with Crippen LogP contribution in [0.25, 0.3) is 0 Å². The Labute approximate surface area is 181 Å². The van der Waals surface area contributed by atoms with Crippen molar-refractivity contribution in [2.75, 3.05) is 39.5 Å². The molecule has 0 aliphatic carbocycles. The van der Waals surface area contributed by atoms with E-state index in [2.05, 4.69) is 53.7 Å². The summed E-state index contributed by atoms with van der Waals surface area (Å²) in [6.07, 6.45) is 5.35. The van der Waals surface area contributed by atoms with Crippen LogP contribution < -0.4 is 10.6 Å². The van der Waals surface area contributed by atoms with Crippen LogP contribution in [-0.2, 0) is 15.9 Å². The Morgan fingerprint density at radius 2 is 2.00 bits per heavy atom. The molecule has 1 heterocycles. The number of guanidine groups is 1. The molecule has 0 aromatic heterocycles. The minimum Gasteiger partial charge on any atom is -0.381 e. The average Bonchev–Trinajstić information content (AvgIpc) is 3.09. The molecule has 6 heteroatoms. The number of rotatable bonds is 11. The van der Waals surface area contributed by atoms with Gasteiger partial charge in [-0.05, 0) is 51.5 Å². The van der Waals surface area contributed by atoms with Gasteiger partial charge < -0.3 is 20.1 Å². The lowest BCUT2D eigenvalue weighted by molar-refractivity contribution is 0.0283. The number of aliphatic imine (C=N–C) groups is 1. The molecule has 5 nitrogen and oxygen atoms in total. The highest BCUT2D eigenvalue weighted by molar-refractivity contribution is 14.0. The molecule has 1 aliphatic heterocycles. The van der Waals surface area contributed by atoms with E-state index in [-0.39, 0.29) is 29.6 Å². The Morgan fingerprint density at radius 1 is 1.19 bits per heavy atom. The maximum absolute atomic E-state index is 5.80. The molecule has 0 radical (unpaired) electrons. The summed E-state index contributed by atoms with van der Waals surface area (Å²) in [4.78, 5) is 4.69. The topological polar surface area (TPSA) is 54.9 Å². The Kier molecular flexibility index (Phi) is 12.7. The molecule has 1 fully saturated rings. The molecule has 1 atom stereocenters. The lowest BCUT2D eigenvalue weighted by Gasteiger charge is -2.21. The predicted molar refractivity (Wildman–Crippen MR) is 123 cm³/mol. The average molecular weight is 489 g/mol. The second-order valence-corrected chi connectivity index (χ2v) is 7.08. The normalized spacial score (nSPS) is 19.6. The summed E-state index contributed by atoms with van der Waals surface area (Å²) in [7, 11) is 0. The maximum Gasteiger partial charge on any atom is 0.191 e. The van der Waals surface area contributed by atoms with E-state index < -0.39 is 0 Å². The second kappa shape index (κ2) is 14.2. The molecule has 1 unspecified atom stereocenters. The molecular weight excluding hydrogens is 453 g/mol. The van der Waals surface area contributed by atoms with Gasteiger partial charge in [0.25, 0.3) is 0 Å². The summed E-state index contributed by atoms with van der Waals surface area (Å²) in [5, 5.41) is 6.71. The Balaban J connectivity index is 0.00000364. The first-order valence-electron chi connectivity index (χ1n) is 10.00. The van der Waals surface area contributed by atoms with Crippen LogP contribution in [0.1, 0.15) is 45.1 Å². The molecule has 1 saturated heterocycles. The van der Waals surface area contributed by atoms with Crippen LogP contribution in [0, 0.1) is 0 Å². The Morgan fingerprint density at radius 3 is 2.70 bits per heavy atom. The lowest BCUT2D eigenvalue weighted by Crippen LogP contribution is -2.39. The largest absolute Gasteiger partial charge is 0.381 e. The van der Waals surface area contributed by atoms with E-state index in [1.54, 1.807) is 0 Å². The molecule has 2 rings (SSSR count). The van der Waals surface area contributed by atoms with Crippen molar-refractivity contribution in [2.24, 2.45) is 4.99 Å². The Bertz CT molecular complexity index is 519. The van der Waals surface area contributed by atoms with Crippen molar-refractivity contribution in [3.63, 3.8) is 0 Å². The lowest BCUT2D eigenvalue weighted by atomic mass is 10.0. The molecule has 1 aromatic rings. The maximum atomic E-state index is 5.80. The first kappa shape index (κ1) is 24.2. The first-order chi connectivity index (χ1) is 12.7. The van der Waals surface area contributed by atoms with Crippen LogP contribution in [0.15, 0.2) is 35.3 Å². The van der Waals surface area contributed by atoms with E-state index >= 15 is 0 Å². The smallest absolute Gasteiger partial charge is 0.191 e. The molecule has 0 bridgehead atoms. The van der Waals surface area contributed by atoms with Gasteiger partial charge in [-0.3, -0.25) is 4.99 Å². The van der Waals surface area contributed by atoms with Gasteiger partial charge in [-0.2, -0.15) is 0 Å². The van der Waals surface area contributed by atoms with Gasteiger partial charge >= 0.3 is 0 Å². The van der Waals surface area contributed by atoms with Crippen molar-refractivity contribution < 1.29 is 9.47 Å². The quantitative estimate of drug-likeness (QED) is 0.215. The van der Waals surface area contributed by atoms with Crippen molar-refractivity contribution in [1.29, 1.82) is 0 Å². The van der Waals surface area contributed by atoms with Crippen molar-refractivity contribution in [3.8, 4) is 0 Å². The molecule has 0 spiro atoms. The summed E-state index contributed by atoms with van der Waals surface area (Å²) < 4.78 is 11.5. The number of unbranched alkanes of at least 4 members (excludes halogenated alkanes) is 1. The van der Waals surface area contributed by atoms with Gasteiger partial charge in [0.05, 0.1) is 18.8 Å². The Hall–Kier alpha value is -0.860. The van der Waals surface area contributed by atoms with Crippen LogP contribution in [0.5, 0.6) is 0 Å². The van der Waals surface area contributed by atoms with Gasteiger partial charge in [-0.15, -0.1) is 24.0 Å². The van der Waals surface area contributed by atoms with E-state index in [9.17, 15) is 0 Å². The zero-order chi connectivity index (χ0) is 18.5. The molecule has 1 aromatic carbocycles. The zero-order valence-corrected chi connectivity index (χ0v) is 19.2. The third-order valence-electron chi connectivity index (χ3n) is 4.60. The van der Waals surface area contributed by atoms with Crippen molar-refractivity contribution in [3.05, 3.63) is 35.9 Å². The fraction of sp³-hybridized carbons (Fsp3) is 0.667. The highest BCUT2D eigenvalue weighted by Crippen LogP contribution is 2.24. The number of hydrogen-bond acceptors (Lipinski definition) is 3. The molecule has 0 saturated carbocycles. The third kappa shape index (κ3) is 10.3. The van der Waals surface area contributed by atoms with Gasteiger partial charge in [0, 0.05) is 26.3 Å². The van der Waals surface area contributed by atoms with Gasteiger partial charge in [0.1, 0.15) is 0 Å². The molecule has 0 amide bonds. The fourth-order valence-electron chi connectivity index (χ4n) is 3.02. The predicted octanol–water partition coefficient (Wildman–Crippen LogP) is 3.77. The third-order valence-corrected chi connectivity index (χ3v) is 4.60. The highest BCUT2D eigenvalue weighted by atomic mass is 127. The molecule has 154 valence electrons. The number of hydrogen-bond donors (Lipinski definition) is 2. The van der Waals surface area contributed by atoms with Crippen LogP contribution in [-0.4, -0.2) is 51.0 Å². The van der Waals surface area contributed by atoms with E-state index in [0.29, 0.717) is 6.54 Å². The number of nitrogens with one attached hydrogen (secondary N) is 2. The van der Waals surface area contributed by atoms with E-state index in [1.807, 2.05) is 6.07 Å². The highest BCUT2D eigenvalue weighted by Gasteiger charge is 2.29. The number of nitrogens with zero attached hydrogens (tertiary/aromatic N) is 1. The summed E-state index contributed by atoms with van der Waals surface area (Å²) in [6.45, 7) is 9.20. The van der Waals surface area contributed by atoms with Gasteiger partial charge in [-0.1, -0.05) is 30.3 Å². The summed E-state index contributed by atoms with van der Waals surface area (Å²) in [6, 6.07) is 10.5. The van der Waals surface area contributed by atoms with Crippen LogP contribution in [0.2, 0.25) is 0 Å². The van der Waals surface area contributed by atoms with E-state index in [1.165, 1.54) is 5.56 Å². The van der Waals surface area contributed by atoms with Crippen LogP contribution in [0.3, 0.4) is 0 Å². The number of halogens is 1. The molecule has 1 aliphatic rings. The summed E-state index contributed by atoms with van der Waals surface area (Å²) in [5.41, 5.74) is 1.25. The van der Waals surface area contributed by atoms with Crippen molar-refractivity contribution in [2.45, 2.75) is 51.6 Å². The van der Waals surface area contributed by atoms with Gasteiger partial charge in [0.2, 0.25) is 0 Å². The summed E-state index contributed by atoms with van der Waals surface area (Å²) in [5.74, 6) is 0.884. The summed E-state index contributed by atoms with van der Waals surface area (Å²) >= 11 is 0. The van der Waals surface area contributed by atoms with Crippen LogP contribution in [0.4, 0.5) is 0 Å². The first-order valence-corrected chi connectivity index (χ1v) is 10.00. The minimum absolute atomic E-state index is 0. The monoisotopic (exact) mass is 489 g/mol. The molecule has 2 N–H and O–H groups in total. The number of ether oxygens (including phenoxy) is 2. The molecule has 27 heavy (non-hydrogen) atoms. The number of benzene rings is 1.